The van der Waals surface area contributed by atoms with Crippen molar-refractivity contribution in [1.82, 2.24) is 9.55 Å². The van der Waals surface area contributed by atoms with Crippen molar-refractivity contribution in [2.75, 3.05) is 5.32 Å². The second-order valence-electron chi connectivity index (χ2n) is 4.44. The summed E-state index contributed by atoms with van der Waals surface area (Å²) in [6, 6.07) is 5.40. The molecule has 0 aliphatic rings. The van der Waals surface area contributed by atoms with Crippen LogP contribution in [0.5, 0.6) is 0 Å². The van der Waals surface area contributed by atoms with E-state index in [0.29, 0.717) is 16.9 Å². The lowest BCUT2D eigenvalue weighted by atomic mass is 10.3. The average molecular weight is 275 g/mol. The number of aromatic nitrogens is 2. The van der Waals surface area contributed by atoms with Crippen LogP contribution in [0.2, 0.25) is 0 Å². The zero-order chi connectivity index (χ0) is 14.7. The second kappa shape index (κ2) is 5.64. The second-order valence-corrected chi connectivity index (χ2v) is 4.44. The highest BCUT2D eigenvalue weighted by atomic mass is 19.1. The van der Waals surface area contributed by atoms with Gasteiger partial charge in [-0.05, 0) is 38.1 Å². The van der Waals surface area contributed by atoms with Gasteiger partial charge in [-0.3, -0.25) is 14.2 Å². The standard InChI is InChI=1S/C14H14FN3O2/c1-9-10(2)16-8-18(14(9)20)7-13(19)17-12-5-3-11(15)4-6-12/h3-6,8H,7H2,1-2H3,(H,17,19). The van der Waals surface area contributed by atoms with Gasteiger partial charge in [0.15, 0.2) is 0 Å². The van der Waals surface area contributed by atoms with E-state index in [-0.39, 0.29) is 23.8 Å². The van der Waals surface area contributed by atoms with E-state index in [9.17, 15) is 14.0 Å². The van der Waals surface area contributed by atoms with Crippen molar-refractivity contribution in [3.63, 3.8) is 0 Å². The fraction of sp³-hybridized carbons (Fsp3) is 0.214. The molecule has 1 aromatic heterocycles. The molecule has 1 heterocycles. The van der Waals surface area contributed by atoms with E-state index in [4.69, 9.17) is 0 Å². The van der Waals surface area contributed by atoms with Crippen LogP contribution >= 0.6 is 0 Å². The van der Waals surface area contributed by atoms with Crippen molar-refractivity contribution in [2.45, 2.75) is 20.4 Å². The molecule has 20 heavy (non-hydrogen) atoms. The van der Waals surface area contributed by atoms with Crippen molar-refractivity contribution in [3.8, 4) is 0 Å². The zero-order valence-electron chi connectivity index (χ0n) is 11.2. The van der Waals surface area contributed by atoms with E-state index >= 15 is 0 Å². The van der Waals surface area contributed by atoms with Gasteiger partial charge in [-0.15, -0.1) is 0 Å². The highest BCUT2D eigenvalue weighted by Crippen LogP contribution is 2.08. The molecule has 104 valence electrons. The summed E-state index contributed by atoms with van der Waals surface area (Å²) in [5.41, 5.74) is 1.39. The van der Waals surface area contributed by atoms with Gasteiger partial charge in [0.2, 0.25) is 5.91 Å². The minimum Gasteiger partial charge on any atom is -0.325 e. The van der Waals surface area contributed by atoms with E-state index in [1.807, 2.05) is 0 Å². The SMILES string of the molecule is Cc1ncn(CC(=O)Nc2ccc(F)cc2)c(=O)c1C. The molecular weight excluding hydrogens is 261 g/mol. The Balaban J connectivity index is 2.11. The number of halogens is 1. The number of aryl methyl sites for hydroxylation is 1. The van der Waals surface area contributed by atoms with Crippen LogP contribution in [0.15, 0.2) is 35.4 Å². The molecule has 0 fully saturated rings. The largest absolute Gasteiger partial charge is 0.325 e. The van der Waals surface area contributed by atoms with E-state index in [2.05, 4.69) is 10.3 Å². The van der Waals surface area contributed by atoms with Crippen molar-refractivity contribution in [1.29, 1.82) is 0 Å². The minimum absolute atomic E-state index is 0.135. The molecule has 0 spiro atoms. The Morgan fingerprint density at radius 2 is 1.95 bits per heavy atom. The Labute approximate surface area is 115 Å². The first-order valence-electron chi connectivity index (χ1n) is 6.05. The van der Waals surface area contributed by atoms with E-state index in [0.717, 1.165) is 0 Å². The molecule has 1 N–H and O–H groups in total. The van der Waals surface area contributed by atoms with Crippen LogP contribution in [0.4, 0.5) is 10.1 Å². The predicted octanol–water partition coefficient (Wildman–Crippen LogP) is 1.64. The van der Waals surface area contributed by atoms with Gasteiger partial charge in [0, 0.05) is 16.9 Å². The van der Waals surface area contributed by atoms with Crippen LogP contribution in [0.1, 0.15) is 11.3 Å². The van der Waals surface area contributed by atoms with Crippen LogP contribution in [0.25, 0.3) is 0 Å². The molecule has 0 unspecified atom stereocenters. The smallest absolute Gasteiger partial charge is 0.256 e. The van der Waals surface area contributed by atoms with Crippen molar-refractivity contribution < 1.29 is 9.18 Å². The normalized spacial score (nSPS) is 10.3. The minimum atomic E-state index is -0.377. The molecule has 6 heteroatoms. The Morgan fingerprint density at radius 3 is 2.60 bits per heavy atom. The van der Waals surface area contributed by atoms with Crippen molar-refractivity contribution in [3.05, 3.63) is 58.0 Å². The number of carbonyl (C=O) groups excluding carboxylic acids is 1. The lowest BCUT2D eigenvalue weighted by Crippen LogP contribution is -2.29. The Bertz CT molecular complexity index is 693. The van der Waals surface area contributed by atoms with Crippen molar-refractivity contribution >= 4 is 11.6 Å². The average Bonchev–Trinajstić information content (AvgIpc) is 2.42. The Morgan fingerprint density at radius 1 is 1.30 bits per heavy atom. The van der Waals surface area contributed by atoms with Crippen LogP contribution in [-0.2, 0) is 11.3 Å². The molecule has 0 aliphatic heterocycles. The van der Waals surface area contributed by atoms with Crippen LogP contribution < -0.4 is 10.9 Å². The molecule has 5 nitrogen and oxygen atoms in total. The molecule has 1 aromatic carbocycles. The van der Waals surface area contributed by atoms with Gasteiger partial charge in [0.05, 0.1) is 6.33 Å². The third-order valence-electron chi connectivity index (χ3n) is 2.96. The molecule has 0 atom stereocenters. The van der Waals surface area contributed by atoms with Gasteiger partial charge in [-0.25, -0.2) is 9.37 Å². The molecule has 0 aliphatic carbocycles. The van der Waals surface area contributed by atoms with E-state index in [1.165, 1.54) is 35.2 Å². The quantitative estimate of drug-likeness (QED) is 0.926. The molecule has 2 aromatic rings. The maximum atomic E-state index is 12.7. The fourth-order valence-corrected chi connectivity index (χ4v) is 1.68. The van der Waals surface area contributed by atoms with Gasteiger partial charge >= 0.3 is 0 Å². The monoisotopic (exact) mass is 275 g/mol. The van der Waals surface area contributed by atoms with Crippen LogP contribution in [-0.4, -0.2) is 15.5 Å². The van der Waals surface area contributed by atoms with Crippen LogP contribution in [0.3, 0.4) is 0 Å². The molecule has 0 bridgehead atoms. The summed E-state index contributed by atoms with van der Waals surface area (Å²) in [7, 11) is 0. The number of anilines is 1. The maximum Gasteiger partial charge on any atom is 0.256 e. The first kappa shape index (κ1) is 13.9. The summed E-state index contributed by atoms with van der Waals surface area (Å²) in [6.07, 6.45) is 1.34. The molecule has 1 amide bonds. The Hall–Kier alpha value is -2.50. The first-order valence-corrected chi connectivity index (χ1v) is 6.05. The van der Waals surface area contributed by atoms with Gasteiger partial charge in [-0.2, -0.15) is 0 Å². The number of benzene rings is 1. The summed E-state index contributed by atoms with van der Waals surface area (Å²) < 4.78 is 14.0. The van der Waals surface area contributed by atoms with E-state index < -0.39 is 0 Å². The third kappa shape index (κ3) is 3.09. The maximum absolute atomic E-state index is 12.7. The highest BCUT2D eigenvalue weighted by Gasteiger charge is 2.08. The third-order valence-corrected chi connectivity index (χ3v) is 2.96. The molecule has 0 saturated carbocycles. The number of carbonyl (C=O) groups is 1. The first-order chi connectivity index (χ1) is 9.47. The lowest BCUT2D eigenvalue weighted by Gasteiger charge is -2.08. The number of amides is 1. The molecule has 0 radical (unpaired) electrons. The van der Waals surface area contributed by atoms with Gasteiger partial charge in [-0.1, -0.05) is 0 Å². The summed E-state index contributed by atoms with van der Waals surface area (Å²) in [6.45, 7) is 3.27. The summed E-state index contributed by atoms with van der Waals surface area (Å²) in [5, 5.41) is 2.59. The van der Waals surface area contributed by atoms with Gasteiger partial charge in [0.25, 0.3) is 5.56 Å². The van der Waals surface area contributed by atoms with Crippen LogP contribution in [0, 0.1) is 19.7 Å². The van der Waals surface area contributed by atoms with E-state index in [1.54, 1.807) is 13.8 Å². The number of rotatable bonds is 3. The summed E-state index contributed by atoms with van der Waals surface area (Å²) in [4.78, 5) is 27.8. The van der Waals surface area contributed by atoms with Gasteiger partial charge in [0.1, 0.15) is 12.4 Å². The summed E-state index contributed by atoms with van der Waals surface area (Å²) >= 11 is 0. The fourth-order valence-electron chi connectivity index (χ4n) is 1.68. The number of hydrogen-bond donors (Lipinski definition) is 1. The molecule has 2 rings (SSSR count). The molecular formula is C14H14FN3O2. The highest BCUT2D eigenvalue weighted by molar-refractivity contribution is 5.90. The molecule has 0 saturated heterocycles. The van der Waals surface area contributed by atoms with Gasteiger partial charge < -0.3 is 5.32 Å². The number of nitrogens with one attached hydrogen (secondary N) is 1. The predicted molar refractivity (Wildman–Crippen MR) is 73.0 cm³/mol. The summed E-state index contributed by atoms with van der Waals surface area (Å²) in [5.74, 6) is -0.749. The number of hydrogen-bond acceptors (Lipinski definition) is 3. The number of nitrogens with zero attached hydrogens (tertiary/aromatic N) is 2. The topological polar surface area (TPSA) is 64.0 Å². The zero-order valence-corrected chi connectivity index (χ0v) is 11.2. The van der Waals surface area contributed by atoms with Crippen molar-refractivity contribution in [2.24, 2.45) is 0 Å². The Kier molecular flexibility index (Phi) is 3.93. The lowest BCUT2D eigenvalue weighted by molar-refractivity contribution is -0.116.